The van der Waals surface area contributed by atoms with Crippen molar-refractivity contribution in [1.82, 2.24) is 19.9 Å². The Bertz CT molecular complexity index is 927. The van der Waals surface area contributed by atoms with Gasteiger partial charge < -0.3 is 9.80 Å². The van der Waals surface area contributed by atoms with Crippen LogP contribution < -0.4 is 4.90 Å². The van der Waals surface area contributed by atoms with E-state index in [4.69, 9.17) is 9.97 Å². The summed E-state index contributed by atoms with van der Waals surface area (Å²) in [7, 11) is 0. The normalized spacial score (nSPS) is 21.5. The maximum Gasteiger partial charge on any atom is 0.225 e. The number of nitrogens with zero attached hydrogens (tertiary/aromatic N) is 5. The van der Waals surface area contributed by atoms with E-state index in [9.17, 15) is 4.79 Å². The Morgan fingerprint density at radius 1 is 1.10 bits per heavy atom. The predicted octanol–water partition coefficient (Wildman–Crippen LogP) is 3.68. The maximum atomic E-state index is 12.8. The second kappa shape index (κ2) is 8.93. The van der Waals surface area contributed by atoms with E-state index in [-0.39, 0.29) is 11.8 Å². The minimum Gasteiger partial charge on any atom is -0.356 e. The number of aromatic nitrogens is 3. The van der Waals surface area contributed by atoms with Gasteiger partial charge in [-0.05, 0) is 57.6 Å². The van der Waals surface area contributed by atoms with Crippen LogP contribution in [0.4, 0.5) is 5.82 Å². The van der Waals surface area contributed by atoms with Gasteiger partial charge in [-0.15, -0.1) is 0 Å². The molecule has 5 rings (SSSR count). The van der Waals surface area contributed by atoms with E-state index in [1.165, 1.54) is 12.0 Å². The number of hydrogen-bond donors (Lipinski definition) is 0. The number of anilines is 1. The van der Waals surface area contributed by atoms with Crippen molar-refractivity contribution in [2.75, 3.05) is 31.1 Å². The lowest BCUT2D eigenvalue weighted by Gasteiger charge is -2.37. The van der Waals surface area contributed by atoms with Gasteiger partial charge >= 0.3 is 0 Å². The average Bonchev–Trinajstić information content (AvgIpc) is 2.77. The zero-order valence-electron chi connectivity index (χ0n) is 18.6. The van der Waals surface area contributed by atoms with E-state index in [0.717, 1.165) is 94.2 Å². The number of carbonyl (C=O) groups excluding carboxylic acids is 1. The lowest BCUT2D eigenvalue weighted by molar-refractivity contribution is -0.139. The average molecular weight is 420 g/mol. The first kappa shape index (κ1) is 20.4. The number of carbonyl (C=O) groups is 1. The molecule has 1 saturated heterocycles. The molecular formula is C25H33N5O. The van der Waals surface area contributed by atoms with Crippen molar-refractivity contribution in [1.29, 1.82) is 0 Å². The summed E-state index contributed by atoms with van der Waals surface area (Å²) >= 11 is 0. The zero-order chi connectivity index (χ0) is 21.2. The van der Waals surface area contributed by atoms with Crippen LogP contribution in [0.25, 0.3) is 0 Å². The summed E-state index contributed by atoms with van der Waals surface area (Å²) < 4.78 is 0. The molecule has 3 aliphatic rings. The van der Waals surface area contributed by atoms with Crippen molar-refractivity contribution in [3.05, 3.63) is 47.2 Å². The summed E-state index contributed by atoms with van der Waals surface area (Å²) in [5.41, 5.74) is 3.54. The largest absolute Gasteiger partial charge is 0.356 e. The van der Waals surface area contributed by atoms with Crippen molar-refractivity contribution >= 4 is 11.7 Å². The molecule has 2 aromatic heterocycles. The third kappa shape index (κ3) is 4.30. The fourth-order valence-corrected chi connectivity index (χ4v) is 5.21. The Morgan fingerprint density at radius 2 is 2.00 bits per heavy atom. The summed E-state index contributed by atoms with van der Waals surface area (Å²) in [6.45, 7) is 5.77. The Morgan fingerprint density at radius 3 is 2.77 bits per heavy atom. The third-order valence-electron chi connectivity index (χ3n) is 7.28. The highest BCUT2D eigenvalue weighted by Gasteiger charge is 2.34. The molecule has 1 saturated carbocycles. The monoisotopic (exact) mass is 419 g/mol. The van der Waals surface area contributed by atoms with Gasteiger partial charge in [0.25, 0.3) is 0 Å². The van der Waals surface area contributed by atoms with Crippen LogP contribution in [0.5, 0.6) is 0 Å². The fraction of sp³-hybridized carbons (Fsp3) is 0.600. The van der Waals surface area contributed by atoms with Crippen LogP contribution in [-0.4, -0.2) is 51.9 Å². The van der Waals surface area contributed by atoms with Gasteiger partial charge in [0.1, 0.15) is 11.6 Å². The molecule has 0 unspecified atom stereocenters. The molecule has 1 atom stereocenters. The standard InChI is InChI=1S/C25H33N5O/c1-18-22-11-6-14-29(16-12-21-10-2-3-13-26-21)24(22)28-23(27-18)20-9-5-15-30(17-20)25(31)19-7-4-8-19/h2-3,10,13,19-20H,4-9,11-12,14-17H2,1H3/t20-/m0/s1. The molecule has 0 aromatic carbocycles. The third-order valence-corrected chi connectivity index (χ3v) is 7.28. The number of piperidine rings is 1. The minimum atomic E-state index is 0.251. The number of rotatable bonds is 5. The SMILES string of the molecule is Cc1nc([C@H]2CCCN(C(=O)C3CCC3)C2)nc2c1CCCN2CCc1ccccn1. The molecule has 2 aromatic rings. The molecule has 0 N–H and O–H groups in total. The van der Waals surface area contributed by atoms with Crippen molar-refractivity contribution in [2.45, 2.75) is 64.2 Å². The number of pyridine rings is 1. The molecule has 164 valence electrons. The predicted molar refractivity (Wildman–Crippen MR) is 121 cm³/mol. The van der Waals surface area contributed by atoms with Crippen molar-refractivity contribution in [3.63, 3.8) is 0 Å². The van der Waals surface area contributed by atoms with Crippen LogP contribution in [0.1, 0.15) is 67.2 Å². The Kier molecular flexibility index (Phi) is 5.88. The van der Waals surface area contributed by atoms with E-state index in [1.807, 2.05) is 12.3 Å². The Labute approximate surface area is 185 Å². The topological polar surface area (TPSA) is 62.2 Å². The molecule has 0 spiro atoms. The summed E-state index contributed by atoms with van der Waals surface area (Å²) in [5.74, 6) is 2.94. The Hall–Kier alpha value is -2.50. The minimum absolute atomic E-state index is 0.251. The second-order valence-electron chi connectivity index (χ2n) is 9.38. The first-order chi connectivity index (χ1) is 15.2. The molecule has 1 aliphatic carbocycles. The highest BCUT2D eigenvalue weighted by Crippen LogP contribution is 2.34. The molecule has 4 heterocycles. The second-order valence-corrected chi connectivity index (χ2v) is 9.38. The van der Waals surface area contributed by atoms with Gasteiger partial charge in [0, 0.05) is 67.6 Å². The molecule has 6 nitrogen and oxygen atoms in total. The van der Waals surface area contributed by atoms with E-state index < -0.39 is 0 Å². The molecule has 0 bridgehead atoms. The van der Waals surface area contributed by atoms with Crippen LogP contribution >= 0.6 is 0 Å². The fourth-order valence-electron chi connectivity index (χ4n) is 5.21. The number of fused-ring (bicyclic) bond motifs is 1. The van der Waals surface area contributed by atoms with Crippen LogP contribution in [0.2, 0.25) is 0 Å². The first-order valence-electron chi connectivity index (χ1n) is 12.0. The summed E-state index contributed by atoms with van der Waals surface area (Å²) in [4.78, 5) is 31.9. The van der Waals surface area contributed by atoms with Gasteiger partial charge in [-0.1, -0.05) is 12.5 Å². The molecule has 1 amide bonds. The number of hydrogen-bond acceptors (Lipinski definition) is 5. The van der Waals surface area contributed by atoms with Gasteiger partial charge in [-0.2, -0.15) is 0 Å². The molecule has 31 heavy (non-hydrogen) atoms. The Balaban J connectivity index is 1.34. The zero-order valence-corrected chi connectivity index (χ0v) is 18.6. The van der Waals surface area contributed by atoms with E-state index >= 15 is 0 Å². The molecule has 2 fully saturated rings. The van der Waals surface area contributed by atoms with Crippen molar-refractivity contribution < 1.29 is 4.79 Å². The maximum absolute atomic E-state index is 12.8. The smallest absolute Gasteiger partial charge is 0.225 e. The number of aryl methyl sites for hydroxylation is 1. The van der Waals surface area contributed by atoms with Crippen molar-refractivity contribution in [2.24, 2.45) is 5.92 Å². The highest BCUT2D eigenvalue weighted by molar-refractivity contribution is 5.79. The molecule has 2 aliphatic heterocycles. The summed E-state index contributed by atoms with van der Waals surface area (Å²) in [6.07, 6.45) is 10.4. The van der Waals surface area contributed by atoms with Crippen LogP contribution in [0.3, 0.4) is 0 Å². The van der Waals surface area contributed by atoms with Gasteiger partial charge in [-0.25, -0.2) is 9.97 Å². The summed E-state index contributed by atoms with van der Waals surface area (Å²) in [5, 5.41) is 0. The van der Waals surface area contributed by atoms with E-state index in [1.54, 1.807) is 0 Å². The molecule has 6 heteroatoms. The van der Waals surface area contributed by atoms with Gasteiger partial charge in [0.2, 0.25) is 5.91 Å². The quantitative estimate of drug-likeness (QED) is 0.740. The van der Waals surface area contributed by atoms with Gasteiger partial charge in [-0.3, -0.25) is 9.78 Å². The number of likely N-dealkylation sites (tertiary alicyclic amines) is 1. The van der Waals surface area contributed by atoms with E-state index in [0.29, 0.717) is 5.91 Å². The van der Waals surface area contributed by atoms with Crippen LogP contribution in [0.15, 0.2) is 24.4 Å². The van der Waals surface area contributed by atoms with Gasteiger partial charge in [0.05, 0.1) is 0 Å². The molecular weight excluding hydrogens is 386 g/mol. The summed E-state index contributed by atoms with van der Waals surface area (Å²) in [6, 6.07) is 6.11. The van der Waals surface area contributed by atoms with E-state index in [2.05, 4.69) is 33.8 Å². The van der Waals surface area contributed by atoms with Crippen LogP contribution in [0, 0.1) is 12.8 Å². The van der Waals surface area contributed by atoms with Crippen molar-refractivity contribution in [3.8, 4) is 0 Å². The number of amides is 1. The molecule has 0 radical (unpaired) electrons. The lowest BCUT2D eigenvalue weighted by atomic mass is 9.83. The van der Waals surface area contributed by atoms with Gasteiger partial charge in [0.15, 0.2) is 0 Å². The first-order valence-corrected chi connectivity index (χ1v) is 12.0. The lowest BCUT2D eigenvalue weighted by Crippen LogP contribution is -2.44. The highest BCUT2D eigenvalue weighted by atomic mass is 16.2. The van der Waals surface area contributed by atoms with Crippen LogP contribution in [-0.2, 0) is 17.6 Å².